The number of halogens is 3. The molecule has 7 nitrogen and oxygen atoms in total. The molecule has 2 rings (SSSR count). The fourth-order valence-electron chi connectivity index (χ4n) is 3.15. The summed E-state index contributed by atoms with van der Waals surface area (Å²) in [7, 11) is 0. The van der Waals surface area contributed by atoms with Crippen LogP contribution < -0.4 is 15.4 Å². The molecule has 0 amide bonds. The number of alkyl halides is 3. The van der Waals surface area contributed by atoms with Gasteiger partial charge in [-0.15, -0.1) is 0 Å². The standard InChI is InChI=1S/C20H32F3N5O2/c1-4-24-19(27-13-17(15(2)3)28-7-9-29-10-8-28)26-12-16-5-6-18(25-11-16)30-14-20(21,22)23/h5-6,11,15,17H,4,7-10,12-14H2,1-3H3,(H2,24,26,27). The molecule has 1 aliphatic heterocycles. The molecule has 170 valence electrons. The Morgan fingerprint density at radius 3 is 2.57 bits per heavy atom. The molecule has 30 heavy (non-hydrogen) atoms. The van der Waals surface area contributed by atoms with Crippen molar-refractivity contribution in [3.05, 3.63) is 23.9 Å². The van der Waals surface area contributed by atoms with Gasteiger partial charge in [0, 0.05) is 44.5 Å². The lowest BCUT2D eigenvalue weighted by Gasteiger charge is -2.37. The van der Waals surface area contributed by atoms with Gasteiger partial charge in [-0.3, -0.25) is 4.90 Å². The van der Waals surface area contributed by atoms with E-state index in [1.807, 2.05) is 6.92 Å². The molecule has 0 aromatic carbocycles. The summed E-state index contributed by atoms with van der Waals surface area (Å²) >= 11 is 0. The zero-order valence-electron chi connectivity index (χ0n) is 17.8. The van der Waals surface area contributed by atoms with Crippen LogP contribution >= 0.6 is 0 Å². The predicted octanol–water partition coefficient (Wildman–Crippen LogP) is 2.43. The van der Waals surface area contributed by atoms with Gasteiger partial charge >= 0.3 is 6.18 Å². The molecule has 1 aromatic rings. The third kappa shape index (κ3) is 8.74. The number of rotatable bonds is 9. The van der Waals surface area contributed by atoms with E-state index >= 15 is 0 Å². The Morgan fingerprint density at radius 1 is 1.27 bits per heavy atom. The number of aromatic nitrogens is 1. The summed E-state index contributed by atoms with van der Waals surface area (Å²) in [5.74, 6) is 1.11. The van der Waals surface area contributed by atoms with E-state index < -0.39 is 12.8 Å². The molecule has 2 N–H and O–H groups in total. The minimum absolute atomic E-state index is 0.0598. The Bertz CT molecular complexity index is 647. The first kappa shape index (κ1) is 24.2. The van der Waals surface area contributed by atoms with Crippen LogP contribution in [0, 0.1) is 5.92 Å². The number of nitrogens with zero attached hydrogens (tertiary/aromatic N) is 3. The molecule has 0 saturated carbocycles. The summed E-state index contributed by atoms with van der Waals surface area (Å²) in [5.41, 5.74) is 0.778. The van der Waals surface area contributed by atoms with Crippen LogP contribution in [-0.4, -0.2) is 74.1 Å². The van der Waals surface area contributed by atoms with Crippen molar-refractivity contribution in [2.45, 2.75) is 39.5 Å². The summed E-state index contributed by atoms with van der Waals surface area (Å²) in [6, 6.07) is 3.45. The number of aliphatic imine (C=N–C) groups is 1. The average Bonchev–Trinajstić information content (AvgIpc) is 2.71. The Labute approximate surface area is 176 Å². The van der Waals surface area contributed by atoms with E-state index in [9.17, 15) is 13.2 Å². The van der Waals surface area contributed by atoms with Crippen molar-refractivity contribution in [1.82, 2.24) is 20.5 Å². The SMILES string of the molecule is CCNC(=NCc1ccc(OCC(F)(F)F)nc1)NCC(C(C)C)N1CCOCC1. The minimum atomic E-state index is -4.38. The quantitative estimate of drug-likeness (QED) is 0.462. The zero-order valence-corrected chi connectivity index (χ0v) is 17.8. The maximum Gasteiger partial charge on any atom is 0.422 e. The van der Waals surface area contributed by atoms with Crippen LogP contribution in [0.4, 0.5) is 13.2 Å². The highest BCUT2D eigenvalue weighted by atomic mass is 19.4. The number of pyridine rings is 1. The number of nitrogens with one attached hydrogen (secondary N) is 2. The molecular weight excluding hydrogens is 399 g/mol. The van der Waals surface area contributed by atoms with E-state index in [0.29, 0.717) is 24.5 Å². The molecule has 1 fully saturated rings. The van der Waals surface area contributed by atoms with Crippen molar-refractivity contribution in [2.24, 2.45) is 10.9 Å². The van der Waals surface area contributed by atoms with Crippen LogP contribution in [0.2, 0.25) is 0 Å². The molecule has 0 bridgehead atoms. The van der Waals surface area contributed by atoms with Crippen LogP contribution in [0.3, 0.4) is 0 Å². The van der Waals surface area contributed by atoms with Gasteiger partial charge < -0.3 is 20.1 Å². The van der Waals surface area contributed by atoms with Gasteiger partial charge in [0.05, 0.1) is 19.8 Å². The number of guanidine groups is 1. The van der Waals surface area contributed by atoms with Gasteiger partial charge in [-0.1, -0.05) is 19.9 Å². The molecule has 1 aliphatic rings. The maximum atomic E-state index is 12.2. The minimum Gasteiger partial charge on any atom is -0.468 e. The lowest BCUT2D eigenvalue weighted by Crippen LogP contribution is -2.52. The second-order valence-electron chi connectivity index (χ2n) is 7.44. The van der Waals surface area contributed by atoms with Gasteiger partial charge in [0.2, 0.25) is 5.88 Å². The van der Waals surface area contributed by atoms with Crippen molar-refractivity contribution < 1.29 is 22.6 Å². The van der Waals surface area contributed by atoms with Crippen LogP contribution in [0.25, 0.3) is 0 Å². The van der Waals surface area contributed by atoms with E-state index in [-0.39, 0.29) is 5.88 Å². The fourth-order valence-corrected chi connectivity index (χ4v) is 3.15. The highest BCUT2D eigenvalue weighted by Gasteiger charge is 2.28. The van der Waals surface area contributed by atoms with E-state index in [2.05, 4.69) is 44.1 Å². The molecular formula is C20H32F3N5O2. The molecule has 1 saturated heterocycles. The first-order valence-electron chi connectivity index (χ1n) is 10.3. The van der Waals surface area contributed by atoms with Gasteiger partial charge in [0.15, 0.2) is 12.6 Å². The number of morpholine rings is 1. The monoisotopic (exact) mass is 431 g/mol. The Morgan fingerprint density at radius 2 is 2.00 bits per heavy atom. The highest BCUT2D eigenvalue weighted by molar-refractivity contribution is 5.79. The van der Waals surface area contributed by atoms with E-state index in [1.54, 1.807) is 6.07 Å². The fraction of sp³-hybridized carbons (Fsp3) is 0.700. The van der Waals surface area contributed by atoms with E-state index in [0.717, 1.165) is 45.0 Å². The summed E-state index contributed by atoms with van der Waals surface area (Å²) in [4.78, 5) is 10.9. The first-order chi connectivity index (χ1) is 14.3. The molecule has 10 heteroatoms. The van der Waals surface area contributed by atoms with E-state index in [4.69, 9.17) is 4.74 Å². The summed E-state index contributed by atoms with van der Waals surface area (Å²) < 4.78 is 46.7. The molecule has 2 heterocycles. The van der Waals surface area contributed by atoms with Gasteiger partial charge in [-0.25, -0.2) is 9.98 Å². The first-order valence-corrected chi connectivity index (χ1v) is 10.3. The van der Waals surface area contributed by atoms with Crippen molar-refractivity contribution in [1.29, 1.82) is 0 Å². The zero-order chi connectivity index (χ0) is 22.0. The number of ether oxygens (including phenoxy) is 2. The lowest BCUT2D eigenvalue weighted by atomic mass is 10.0. The smallest absolute Gasteiger partial charge is 0.422 e. The van der Waals surface area contributed by atoms with Gasteiger partial charge in [-0.05, 0) is 18.4 Å². The van der Waals surface area contributed by atoms with Crippen molar-refractivity contribution in [3.8, 4) is 5.88 Å². The second-order valence-corrected chi connectivity index (χ2v) is 7.44. The van der Waals surface area contributed by atoms with Crippen LogP contribution in [0.15, 0.2) is 23.3 Å². The molecule has 0 radical (unpaired) electrons. The average molecular weight is 432 g/mol. The summed E-state index contributed by atoms with van der Waals surface area (Å²) in [5, 5.41) is 6.63. The summed E-state index contributed by atoms with van der Waals surface area (Å²) in [6.07, 6.45) is -2.91. The summed E-state index contributed by atoms with van der Waals surface area (Å²) in [6.45, 7) is 10.2. The molecule has 1 atom stereocenters. The molecule has 0 spiro atoms. The lowest BCUT2D eigenvalue weighted by molar-refractivity contribution is -0.154. The number of hydrogen-bond donors (Lipinski definition) is 2. The normalized spacial score (nSPS) is 17.1. The maximum absolute atomic E-state index is 12.2. The van der Waals surface area contributed by atoms with Crippen molar-refractivity contribution >= 4 is 5.96 Å². The topological polar surface area (TPSA) is 71.0 Å². The van der Waals surface area contributed by atoms with Gasteiger partial charge in [0.1, 0.15) is 0 Å². The van der Waals surface area contributed by atoms with Crippen LogP contribution in [0.1, 0.15) is 26.3 Å². The molecule has 0 aliphatic carbocycles. The van der Waals surface area contributed by atoms with Crippen molar-refractivity contribution in [2.75, 3.05) is 46.0 Å². The molecule has 1 unspecified atom stereocenters. The Hall–Kier alpha value is -2.07. The number of hydrogen-bond acceptors (Lipinski definition) is 5. The Balaban J connectivity index is 1.91. The van der Waals surface area contributed by atoms with Crippen LogP contribution in [-0.2, 0) is 11.3 Å². The van der Waals surface area contributed by atoms with E-state index in [1.165, 1.54) is 12.3 Å². The second kappa shape index (κ2) is 11.9. The van der Waals surface area contributed by atoms with Crippen molar-refractivity contribution in [3.63, 3.8) is 0 Å². The molecule has 1 aromatic heterocycles. The van der Waals surface area contributed by atoms with Crippen LogP contribution in [0.5, 0.6) is 5.88 Å². The predicted molar refractivity (Wildman–Crippen MR) is 110 cm³/mol. The van der Waals surface area contributed by atoms with Gasteiger partial charge in [-0.2, -0.15) is 13.2 Å². The third-order valence-electron chi connectivity index (χ3n) is 4.71. The largest absolute Gasteiger partial charge is 0.468 e. The highest BCUT2D eigenvalue weighted by Crippen LogP contribution is 2.17. The Kier molecular flexibility index (Phi) is 9.64. The third-order valence-corrected chi connectivity index (χ3v) is 4.71. The van der Waals surface area contributed by atoms with Gasteiger partial charge in [0.25, 0.3) is 0 Å².